The molecule has 0 bridgehead atoms. The molecule has 0 saturated carbocycles. The Morgan fingerprint density at radius 1 is 1.46 bits per heavy atom. The van der Waals surface area contributed by atoms with Crippen LogP contribution in [0.3, 0.4) is 0 Å². The van der Waals surface area contributed by atoms with E-state index in [0.29, 0.717) is 35.1 Å². The molecule has 1 unspecified atom stereocenters. The van der Waals surface area contributed by atoms with Gasteiger partial charge in [0.15, 0.2) is 11.1 Å². The smallest absolute Gasteiger partial charge is 0.305 e. The molecule has 1 aliphatic rings. The zero-order chi connectivity index (χ0) is 19.3. The van der Waals surface area contributed by atoms with Crippen LogP contribution in [0.25, 0.3) is 0 Å². The van der Waals surface area contributed by atoms with E-state index >= 15 is 0 Å². The van der Waals surface area contributed by atoms with Crippen molar-refractivity contribution in [3.05, 3.63) is 10.6 Å². The molecular formula is C15H22N6O4S. The number of hydrogen-bond acceptors (Lipinski definition) is 6. The second-order valence-electron chi connectivity index (χ2n) is 6.00. The Kier molecular flexibility index (Phi) is 6.50. The normalized spacial score (nSPS) is 16.8. The van der Waals surface area contributed by atoms with Crippen LogP contribution in [-0.2, 0) is 9.59 Å². The number of carbonyl (C=O) groups is 3. The summed E-state index contributed by atoms with van der Waals surface area (Å²) in [5.74, 6) is -2.02. The number of nitrogens with two attached hydrogens (primary N) is 1. The molecule has 0 radical (unpaired) electrons. The van der Waals surface area contributed by atoms with E-state index in [4.69, 9.17) is 16.2 Å². The number of aromatic nitrogens is 1. The monoisotopic (exact) mass is 382 g/mol. The van der Waals surface area contributed by atoms with Crippen LogP contribution in [0.1, 0.15) is 34.6 Å². The van der Waals surface area contributed by atoms with Gasteiger partial charge in [-0.15, -0.1) is 0 Å². The highest BCUT2D eigenvalue weighted by Crippen LogP contribution is 2.26. The van der Waals surface area contributed by atoms with Gasteiger partial charge in [-0.3, -0.25) is 19.8 Å². The van der Waals surface area contributed by atoms with E-state index in [1.165, 1.54) is 0 Å². The Morgan fingerprint density at radius 3 is 2.85 bits per heavy atom. The minimum absolute atomic E-state index is 0.0760. The molecule has 142 valence electrons. The molecule has 1 atom stereocenters. The minimum atomic E-state index is -0.971. The number of nitrogens with zero attached hydrogens (tertiary/aromatic N) is 2. The van der Waals surface area contributed by atoms with E-state index < -0.39 is 5.97 Å². The molecule has 2 heterocycles. The minimum Gasteiger partial charge on any atom is -0.481 e. The van der Waals surface area contributed by atoms with Crippen LogP contribution in [0.2, 0.25) is 0 Å². The number of rotatable bonds is 6. The predicted octanol–water partition coefficient (Wildman–Crippen LogP) is 0.200. The van der Waals surface area contributed by atoms with Gasteiger partial charge in [0.1, 0.15) is 4.88 Å². The van der Waals surface area contributed by atoms with Crippen molar-refractivity contribution < 1.29 is 19.5 Å². The molecule has 2 rings (SSSR count). The lowest BCUT2D eigenvalue weighted by atomic mass is 9.97. The fraction of sp³-hybridized carbons (Fsp3) is 0.533. The molecule has 1 aliphatic heterocycles. The van der Waals surface area contributed by atoms with Gasteiger partial charge >= 0.3 is 5.97 Å². The van der Waals surface area contributed by atoms with Crippen molar-refractivity contribution in [1.29, 1.82) is 5.41 Å². The molecule has 11 heteroatoms. The zero-order valence-corrected chi connectivity index (χ0v) is 15.2. The Balaban J connectivity index is 1.99. The number of piperidine rings is 1. The van der Waals surface area contributed by atoms with Crippen molar-refractivity contribution in [2.45, 2.75) is 26.2 Å². The molecule has 0 aromatic carbocycles. The van der Waals surface area contributed by atoms with Crippen molar-refractivity contribution in [2.75, 3.05) is 25.0 Å². The van der Waals surface area contributed by atoms with Crippen molar-refractivity contribution in [3.63, 3.8) is 0 Å². The molecule has 26 heavy (non-hydrogen) atoms. The first-order valence-electron chi connectivity index (χ1n) is 8.15. The number of amides is 2. The summed E-state index contributed by atoms with van der Waals surface area (Å²) in [4.78, 5) is 41.7. The lowest BCUT2D eigenvalue weighted by Crippen LogP contribution is -2.45. The van der Waals surface area contributed by atoms with Gasteiger partial charge in [-0.2, -0.15) is 0 Å². The van der Waals surface area contributed by atoms with Crippen LogP contribution in [0.5, 0.6) is 0 Å². The number of carboxylic acids is 1. The second kappa shape index (κ2) is 8.61. The van der Waals surface area contributed by atoms with E-state index in [1.807, 2.05) is 0 Å². The highest BCUT2D eigenvalue weighted by atomic mass is 32.1. The van der Waals surface area contributed by atoms with E-state index in [1.54, 1.807) is 11.8 Å². The molecule has 1 aromatic rings. The van der Waals surface area contributed by atoms with Crippen LogP contribution in [0.15, 0.2) is 0 Å². The maximum absolute atomic E-state index is 12.8. The lowest BCUT2D eigenvalue weighted by Gasteiger charge is -2.31. The first kappa shape index (κ1) is 19.6. The quantitative estimate of drug-likeness (QED) is 0.347. The highest BCUT2D eigenvalue weighted by molar-refractivity contribution is 7.17. The predicted molar refractivity (Wildman–Crippen MR) is 96.3 cm³/mol. The molecule has 1 saturated heterocycles. The number of aryl methyl sites for hydroxylation is 1. The molecule has 0 aliphatic carbocycles. The van der Waals surface area contributed by atoms with Crippen LogP contribution in [0, 0.1) is 18.3 Å². The second-order valence-corrected chi connectivity index (χ2v) is 7.00. The summed E-state index contributed by atoms with van der Waals surface area (Å²) in [7, 11) is 0. The highest BCUT2D eigenvalue weighted by Gasteiger charge is 2.30. The number of hydrogen-bond donors (Lipinski definition) is 5. The number of likely N-dealkylation sites (tertiary alicyclic amines) is 1. The van der Waals surface area contributed by atoms with Gasteiger partial charge in [0.2, 0.25) is 5.91 Å². The molecule has 10 nitrogen and oxygen atoms in total. The van der Waals surface area contributed by atoms with Gasteiger partial charge in [-0.1, -0.05) is 11.3 Å². The fourth-order valence-corrected chi connectivity index (χ4v) is 3.67. The summed E-state index contributed by atoms with van der Waals surface area (Å²) < 4.78 is 0. The Hall–Kier alpha value is -2.69. The van der Waals surface area contributed by atoms with Crippen LogP contribution in [-0.4, -0.2) is 58.4 Å². The number of carbonyl (C=O) groups excluding carboxylic acids is 2. The molecule has 6 N–H and O–H groups in total. The molecular weight excluding hydrogens is 360 g/mol. The van der Waals surface area contributed by atoms with Gasteiger partial charge in [0.05, 0.1) is 18.0 Å². The Labute approximate surface area is 154 Å². The number of aliphatic carboxylic acids is 1. The van der Waals surface area contributed by atoms with Crippen molar-refractivity contribution in [3.8, 4) is 0 Å². The average Bonchev–Trinajstić information content (AvgIpc) is 2.93. The Bertz CT molecular complexity index is 719. The van der Waals surface area contributed by atoms with Crippen molar-refractivity contribution in [1.82, 2.24) is 15.2 Å². The number of carboxylic acid groups (broad SMARTS) is 1. The van der Waals surface area contributed by atoms with Gasteiger partial charge in [-0.05, 0) is 19.8 Å². The molecule has 0 spiro atoms. The molecule has 1 fully saturated rings. The number of nitrogens with one attached hydrogen (secondary N) is 3. The number of anilines is 1. The van der Waals surface area contributed by atoms with E-state index in [-0.39, 0.29) is 43.2 Å². The maximum atomic E-state index is 12.8. The van der Waals surface area contributed by atoms with Gasteiger partial charge in [-0.25, -0.2) is 4.98 Å². The van der Waals surface area contributed by atoms with E-state index in [0.717, 1.165) is 11.3 Å². The Morgan fingerprint density at radius 2 is 2.19 bits per heavy atom. The summed E-state index contributed by atoms with van der Waals surface area (Å²) in [6.45, 7) is 2.61. The lowest BCUT2D eigenvalue weighted by molar-refractivity contribution is -0.137. The summed E-state index contributed by atoms with van der Waals surface area (Å²) in [6.07, 6.45) is 1.22. The van der Waals surface area contributed by atoms with Gasteiger partial charge in [0.25, 0.3) is 5.91 Å². The molecule has 1 aromatic heterocycles. The maximum Gasteiger partial charge on any atom is 0.305 e. The standard InChI is InChI=1S/C15H22N6O4S/c1-8-11(26-15(19-8)20-14(16)17)13(25)21-6-2-3-9(7-21)12(24)18-5-4-10(22)23/h9H,2-7H2,1H3,(H,18,24)(H,22,23)(H4,16,17,19,20). The van der Waals surface area contributed by atoms with Crippen LogP contribution < -0.4 is 16.4 Å². The summed E-state index contributed by atoms with van der Waals surface area (Å²) in [5, 5.41) is 21.4. The SMILES string of the molecule is Cc1nc(NC(=N)N)sc1C(=O)N1CCCC(C(=O)NCCC(=O)O)C1. The number of thiazole rings is 1. The first-order chi connectivity index (χ1) is 12.3. The number of guanidine groups is 1. The fourth-order valence-electron chi connectivity index (χ4n) is 2.72. The van der Waals surface area contributed by atoms with Crippen LogP contribution >= 0.6 is 11.3 Å². The zero-order valence-electron chi connectivity index (χ0n) is 14.4. The third-order valence-corrected chi connectivity index (χ3v) is 5.01. The average molecular weight is 382 g/mol. The largest absolute Gasteiger partial charge is 0.481 e. The van der Waals surface area contributed by atoms with Crippen molar-refractivity contribution in [2.24, 2.45) is 11.7 Å². The third-order valence-electron chi connectivity index (χ3n) is 3.95. The van der Waals surface area contributed by atoms with Gasteiger partial charge in [0, 0.05) is 19.6 Å². The van der Waals surface area contributed by atoms with Gasteiger partial charge < -0.3 is 26.4 Å². The first-order valence-corrected chi connectivity index (χ1v) is 8.96. The van der Waals surface area contributed by atoms with E-state index in [2.05, 4.69) is 15.6 Å². The summed E-state index contributed by atoms with van der Waals surface area (Å²) in [6, 6.07) is 0. The summed E-state index contributed by atoms with van der Waals surface area (Å²) >= 11 is 1.12. The third kappa shape index (κ3) is 5.15. The summed E-state index contributed by atoms with van der Waals surface area (Å²) in [5.41, 5.74) is 5.81. The van der Waals surface area contributed by atoms with Crippen molar-refractivity contribution >= 4 is 40.2 Å². The van der Waals surface area contributed by atoms with Crippen LogP contribution in [0.4, 0.5) is 5.13 Å². The topological polar surface area (TPSA) is 162 Å². The molecule has 2 amide bonds. The van der Waals surface area contributed by atoms with E-state index in [9.17, 15) is 14.4 Å².